The lowest BCUT2D eigenvalue weighted by atomic mass is 10.1. The van der Waals surface area contributed by atoms with Crippen LogP contribution in [0.5, 0.6) is 5.75 Å². The number of hydrogen-bond acceptors (Lipinski definition) is 7. The van der Waals surface area contributed by atoms with Crippen molar-refractivity contribution < 1.29 is 14.3 Å². The quantitative estimate of drug-likeness (QED) is 0.175. The molecule has 8 nitrogen and oxygen atoms in total. The minimum Gasteiger partial charge on any atom is -0.486 e. The molecule has 1 aliphatic heterocycles. The van der Waals surface area contributed by atoms with Crippen molar-refractivity contribution in [2.75, 3.05) is 11.9 Å². The molecule has 2 aromatic heterocycles. The summed E-state index contributed by atoms with van der Waals surface area (Å²) in [7, 11) is 0. The number of ether oxygens (including phenoxy) is 1. The van der Waals surface area contributed by atoms with Crippen molar-refractivity contribution in [1.82, 2.24) is 10.3 Å². The van der Waals surface area contributed by atoms with E-state index in [1.54, 1.807) is 13.0 Å². The number of carbonyl (C=O) groups excluding carboxylic acids is 2. The fraction of sp³-hybridized carbons (Fsp3) is 0.259. The van der Waals surface area contributed by atoms with Crippen molar-refractivity contribution in [2.45, 2.75) is 39.3 Å². The number of hydrogen-bond donors (Lipinski definition) is 4. The topological polar surface area (TPSA) is 124 Å². The van der Waals surface area contributed by atoms with Crippen LogP contribution in [0.4, 0.5) is 5.82 Å². The number of nitrogens with one attached hydrogen (secondary N) is 4. The van der Waals surface area contributed by atoms with E-state index in [4.69, 9.17) is 21.7 Å². The van der Waals surface area contributed by atoms with E-state index in [0.29, 0.717) is 33.5 Å². The smallest absolute Gasteiger partial charge is 0.256 e. The normalized spacial score (nSPS) is 14.5. The summed E-state index contributed by atoms with van der Waals surface area (Å²) in [5.41, 5.74) is 2.28. The second-order valence-corrected chi connectivity index (χ2v) is 10.5. The Morgan fingerprint density at radius 3 is 2.73 bits per heavy atom. The molecule has 0 bridgehead atoms. The van der Waals surface area contributed by atoms with E-state index < -0.39 is 0 Å². The van der Waals surface area contributed by atoms with Crippen molar-refractivity contribution >= 4 is 52.7 Å². The van der Waals surface area contributed by atoms with Gasteiger partial charge >= 0.3 is 0 Å². The Labute approximate surface area is 223 Å². The zero-order valence-electron chi connectivity index (χ0n) is 20.6. The summed E-state index contributed by atoms with van der Waals surface area (Å²) in [6.45, 7) is 5.66. The first-order chi connectivity index (χ1) is 17.6. The van der Waals surface area contributed by atoms with Crippen LogP contribution in [-0.2, 0) is 11.2 Å². The second kappa shape index (κ2) is 11.1. The number of aromatic amines is 1. The van der Waals surface area contributed by atoms with Gasteiger partial charge in [-0.2, -0.15) is 0 Å². The molecule has 3 heterocycles. The number of fused-ring (bicyclic) bond motifs is 1. The second-order valence-electron chi connectivity index (χ2n) is 9.02. The molecule has 0 fully saturated rings. The predicted octanol–water partition coefficient (Wildman–Crippen LogP) is 4.91. The molecule has 4 N–H and O–H groups in total. The monoisotopic (exact) mass is 538 g/mol. The van der Waals surface area contributed by atoms with Crippen LogP contribution in [-0.4, -0.2) is 41.6 Å². The number of rotatable bonds is 9. The summed E-state index contributed by atoms with van der Waals surface area (Å²) in [5, 5.41) is 14.0. The molecule has 1 atom stereocenters. The Morgan fingerprint density at radius 1 is 1.27 bits per heavy atom. The maximum atomic E-state index is 12.4. The molecular formula is C27H27ClN4O4S. The van der Waals surface area contributed by atoms with Gasteiger partial charge in [0.2, 0.25) is 5.91 Å². The Hall–Kier alpha value is -3.69. The lowest BCUT2D eigenvalue weighted by Gasteiger charge is -2.12. The lowest BCUT2D eigenvalue weighted by Crippen LogP contribution is -2.33. The highest BCUT2D eigenvalue weighted by Gasteiger charge is 2.26. The Balaban J connectivity index is 1.38. The first-order valence-electron chi connectivity index (χ1n) is 11.7. The van der Waals surface area contributed by atoms with Crippen LogP contribution in [0.1, 0.15) is 47.1 Å². The van der Waals surface area contributed by atoms with Crippen LogP contribution in [0, 0.1) is 5.41 Å². The number of benzene rings is 1. The van der Waals surface area contributed by atoms with Gasteiger partial charge < -0.3 is 25.8 Å². The van der Waals surface area contributed by atoms with E-state index in [2.05, 4.69) is 15.6 Å². The average molecular weight is 539 g/mol. The number of amides is 1. The van der Waals surface area contributed by atoms with Crippen molar-refractivity contribution in [3.63, 3.8) is 0 Å². The molecule has 192 valence electrons. The van der Waals surface area contributed by atoms with Gasteiger partial charge in [0, 0.05) is 46.3 Å². The zero-order chi connectivity index (χ0) is 26.7. The van der Waals surface area contributed by atoms with Gasteiger partial charge in [0.1, 0.15) is 17.7 Å². The van der Waals surface area contributed by atoms with Gasteiger partial charge in [-0.3, -0.25) is 14.4 Å². The molecule has 0 spiro atoms. The number of carbonyl (C=O) groups is 2. The predicted molar refractivity (Wildman–Crippen MR) is 149 cm³/mol. The van der Waals surface area contributed by atoms with Gasteiger partial charge in [0.15, 0.2) is 5.78 Å². The number of aromatic nitrogens is 1. The largest absolute Gasteiger partial charge is 0.486 e. The van der Waals surface area contributed by atoms with Crippen molar-refractivity contribution in [1.29, 1.82) is 5.41 Å². The SMILES string of the molecule is CC(=O)c1ccc(-c2cc(Cl)c3c(c2)CC(CNC(=O)/C=C/c2cc(C=N)c(NC(C)C)[nH]c2=O)O3)s1. The number of ketones is 1. The van der Waals surface area contributed by atoms with Gasteiger partial charge in [-0.1, -0.05) is 11.6 Å². The molecule has 0 aliphatic carbocycles. The molecule has 10 heteroatoms. The fourth-order valence-corrected chi connectivity index (χ4v) is 5.15. The summed E-state index contributed by atoms with van der Waals surface area (Å²) in [6.07, 6.45) is 4.13. The van der Waals surface area contributed by atoms with Crippen molar-refractivity contribution in [3.8, 4) is 16.2 Å². The van der Waals surface area contributed by atoms with Gasteiger partial charge in [0.05, 0.1) is 16.4 Å². The zero-order valence-corrected chi connectivity index (χ0v) is 22.2. The summed E-state index contributed by atoms with van der Waals surface area (Å²) < 4.78 is 5.97. The molecule has 1 amide bonds. The Kier molecular flexibility index (Phi) is 7.94. The van der Waals surface area contributed by atoms with Gasteiger partial charge in [-0.25, -0.2) is 0 Å². The molecular weight excluding hydrogens is 512 g/mol. The van der Waals surface area contributed by atoms with Crippen molar-refractivity contribution in [2.24, 2.45) is 0 Å². The number of H-pyrrole nitrogens is 1. The van der Waals surface area contributed by atoms with Crippen LogP contribution in [0.25, 0.3) is 16.5 Å². The molecule has 37 heavy (non-hydrogen) atoms. The fourth-order valence-electron chi connectivity index (χ4n) is 3.97. The van der Waals surface area contributed by atoms with E-state index in [0.717, 1.165) is 22.2 Å². The number of halogens is 1. The first kappa shape index (κ1) is 26.4. The van der Waals surface area contributed by atoms with E-state index in [-0.39, 0.29) is 41.5 Å². The van der Waals surface area contributed by atoms with Crippen LogP contribution in [0.15, 0.2) is 41.2 Å². The average Bonchev–Trinajstić information content (AvgIpc) is 3.50. The van der Waals surface area contributed by atoms with Crippen molar-refractivity contribution in [3.05, 3.63) is 73.4 Å². The highest BCUT2D eigenvalue weighted by Crippen LogP contribution is 2.41. The minimum atomic E-state index is -0.373. The molecule has 1 aliphatic rings. The van der Waals surface area contributed by atoms with Gasteiger partial charge in [-0.05, 0) is 62.7 Å². The molecule has 0 radical (unpaired) electrons. The molecule has 1 unspecified atom stereocenters. The van der Waals surface area contributed by atoms with Gasteiger partial charge in [-0.15, -0.1) is 11.3 Å². The van der Waals surface area contributed by atoms with E-state index >= 15 is 0 Å². The molecule has 0 saturated heterocycles. The third-order valence-corrected chi connectivity index (χ3v) is 7.21. The van der Waals surface area contributed by atoms with E-state index in [1.165, 1.54) is 23.5 Å². The minimum absolute atomic E-state index is 0.0246. The molecule has 3 aromatic rings. The van der Waals surface area contributed by atoms with Crippen LogP contribution in [0.3, 0.4) is 0 Å². The molecule has 0 saturated carbocycles. The third-order valence-electron chi connectivity index (χ3n) is 5.70. The Morgan fingerprint density at radius 2 is 2.05 bits per heavy atom. The number of anilines is 1. The van der Waals surface area contributed by atoms with Crippen LogP contribution < -0.4 is 20.9 Å². The summed E-state index contributed by atoms with van der Waals surface area (Å²) in [4.78, 5) is 40.8. The standard InChI is InChI=1S/C27H27ClN4O4S/c1-14(2)31-26-19(12-29)8-16(27(35)32-26)4-7-24(34)30-13-20-10-18-9-17(11-21(28)25(18)36-20)23-6-5-22(37-23)15(3)33/h4-9,11-12,14,20,29H,10,13H2,1-3H3,(H,30,34)(H2,31,32,35)/b7-4+,29-12?. The molecule has 1 aromatic carbocycles. The highest BCUT2D eigenvalue weighted by atomic mass is 35.5. The maximum absolute atomic E-state index is 12.4. The summed E-state index contributed by atoms with van der Waals surface area (Å²) in [5.74, 6) is 0.720. The third kappa shape index (κ3) is 6.18. The van der Waals surface area contributed by atoms with Crippen LogP contribution >= 0.6 is 22.9 Å². The first-order valence-corrected chi connectivity index (χ1v) is 12.9. The summed E-state index contributed by atoms with van der Waals surface area (Å²) >= 11 is 7.90. The van der Waals surface area contributed by atoms with E-state index in [1.807, 2.05) is 38.1 Å². The highest BCUT2D eigenvalue weighted by molar-refractivity contribution is 7.17. The Bertz CT molecular complexity index is 1460. The maximum Gasteiger partial charge on any atom is 0.256 e. The number of pyridine rings is 1. The number of Topliss-reactive ketones (excluding diaryl/α,β-unsaturated/α-hetero) is 1. The molecule has 4 rings (SSSR count). The van der Waals surface area contributed by atoms with Crippen LogP contribution in [0.2, 0.25) is 5.02 Å². The van der Waals surface area contributed by atoms with Gasteiger partial charge in [0.25, 0.3) is 5.56 Å². The number of thiophene rings is 1. The summed E-state index contributed by atoms with van der Waals surface area (Å²) in [6, 6.07) is 9.18. The van der Waals surface area contributed by atoms with E-state index in [9.17, 15) is 14.4 Å². The lowest BCUT2D eigenvalue weighted by molar-refractivity contribution is -0.116.